The molecule has 0 atom stereocenters. The first kappa shape index (κ1) is 21.3. The van der Waals surface area contributed by atoms with Crippen LogP contribution in [0.25, 0.3) is 0 Å². The van der Waals surface area contributed by atoms with Crippen LogP contribution in [-0.4, -0.2) is 49.6 Å². The van der Waals surface area contributed by atoms with Crippen molar-refractivity contribution in [3.8, 4) is 11.5 Å². The summed E-state index contributed by atoms with van der Waals surface area (Å²) in [6, 6.07) is 12.0. The number of methoxy groups -OCH3 is 1. The van der Waals surface area contributed by atoms with Crippen molar-refractivity contribution in [3.63, 3.8) is 0 Å². The third kappa shape index (κ3) is 5.55. The van der Waals surface area contributed by atoms with Crippen LogP contribution >= 0.6 is 23.2 Å². The summed E-state index contributed by atoms with van der Waals surface area (Å²) >= 11 is 11.9. The number of nitrogens with one attached hydrogen (secondary N) is 1. The summed E-state index contributed by atoms with van der Waals surface area (Å²) < 4.78 is 10.8. The van der Waals surface area contributed by atoms with E-state index in [1.165, 1.54) is 0 Å². The summed E-state index contributed by atoms with van der Waals surface area (Å²) in [5.41, 5.74) is 0.461. The molecule has 2 aromatic carbocycles. The average molecular weight is 437 g/mol. The van der Waals surface area contributed by atoms with Gasteiger partial charge in [-0.3, -0.25) is 9.59 Å². The molecule has 1 aliphatic heterocycles. The number of nitrogens with zero attached hydrogens (tertiary/aromatic N) is 1. The Bertz CT molecular complexity index is 883. The van der Waals surface area contributed by atoms with Gasteiger partial charge in [0.05, 0.1) is 17.2 Å². The number of likely N-dealkylation sites (tertiary alicyclic amines) is 1. The molecular weight excluding hydrogens is 415 g/mol. The quantitative estimate of drug-likeness (QED) is 0.747. The van der Waals surface area contributed by atoms with Gasteiger partial charge in [-0.1, -0.05) is 35.3 Å². The molecule has 1 N–H and O–H groups in total. The second-order valence-corrected chi connectivity index (χ2v) is 7.51. The minimum atomic E-state index is -0.201. The van der Waals surface area contributed by atoms with Crippen LogP contribution in [0.1, 0.15) is 23.2 Å². The predicted molar refractivity (Wildman–Crippen MR) is 112 cm³/mol. The zero-order chi connectivity index (χ0) is 20.8. The lowest BCUT2D eigenvalue weighted by molar-refractivity contribution is -0.134. The first-order valence-electron chi connectivity index (χ1n) is 9.27. The van der Waals surface area contributed by atoms with Gasteiger partial charge in [-0.15, -0.1) is 0 Å². The van der Waals surface area contributed by atoms with E-state index in [2.05, 4.69) is 5.32 Å². The zero-order valence-corrected chi connectivity index (χ0v) is 17.5. The van der Waals surface area contributed by atoms with E-state index in [1.54, 1.807) is 42.3 Å². The highest BCUT2D eigenvalue weighted by atomic mass is 35.5. The number of para-hydroxylation sites is 2. The summed E-state index contributed by atoms with van der Waals surface area (Å²) in [7, 11) is 1.56. The van der Waals surface area contributed by atoms with Crippen LogP contribution in [0.15, 0.2) is 42.5 Å². The van der Waals surface area contributed by atoms with Gasteiger partial charge in [0.1, 0.15) is 0 Å². The van der Waals surface area contributed by atoms with Crippen LogP contribution in [-0.2, 0) is 4.79 Å². The number of carbonyl (C=O) groups excluding carboxylic acids is 2. The molecule has 1 aliphatic rings. The third-order valence-corrected chi connectivity index (χ3v) is 5.52. The van der Waals surface area contributed by atoms with Gasteiger partial charge in [0, 0.05) is 24.7 Å². The van der Waals surface area contributed by atoms with Gasteiger partial charge in [0.2, 0.25) is 0 Å². The first-order valence-corrected chi connectivity index (χ1v) is 10.0. The van der Waals surface area contributed by atoms with E-state index < -0.39 is 0 Å². The van der Waals surface area contributed by atoms with Crippen molar-refractivity contribution in [3.05, 3.63) is 58.1 Å². The van der Waals surface area contributed by atoms with Crippen LogP contribution in [0, 0.1) is 0 Å². The Morgan fingerprint density at radius 1 is 1.07 bits per heavy atom. The van der Waals surface area contributed by atoms with E-state index >= 15 is 0 Å². The topological polar surface area (TPSA) is 67.9 Å². The SMILES string of the molecule is COc1ccccc1OCC(=O)N1CCC(NC(=O)c2ccc(Cl)c(Cl)c2)CC1. The second kappa shape index (κ2) is 9.85. The Balaban J connectivity index is 1.46. The number of piperidine rings is 1. The molecule has 1 heterocycles. The van der Waals surface area contributed by atoms with Crippen LogP contribution in [0.4, 0.5) is 0 Å². The maximum Gasteiger partial charge on any atom is 0.260 e. The lowest BCUT2D eigenvalue weighted by atomic mass is 10.0. The Labute approximate surface area is 179 Å². The van der Waals surface area contributed by atoms with E-state index in [1.807, 2.05) is 12.1 Å². The van der Waals surface area contributed by atoms with Gasteiger partial charge in [-0.05, 0) is 43.2 Å². The fourth-order valence-corrected chi connectivity index (χ4v) is 3.45. The molecule has 1 saturated heterocycles. The lowest BCUT2D eigenvalue weighted by Gasteiger charge is -2.32. The monoisotopic (exact) mass is 436 g/mol. The highest BCUT2D eigenvalue weighted by Crippen LogP contribution is 2.26. The number of rotatable bonds is 6. The molecule has 0 unspecified atom stereocenters. The molecule has 0 aromatic heterocycles. The Morgan fingerprint density at radius 3 is 2.41 bits per heavy atom. The largest absolute Gasteiger partial charge is 0.493 e. The second-order valence-electron chi connectivity index (χ2n) is 6.70. The van der Waals surface area contributed by atoms with Crippen molar-refractivity contribution in [1.29, 1.82) is 0 Å². The molecule has 154 valence electrons. The molecule has 29 heavy (non-hydrogen) atoms. The van der Waals surface area contributed by atoms with E-state index in [-0.39, 0.29) is 24.5 Å². The Kier molecular flexibility index (Phi) is 7.23. The predicted octanol–water partition coefficient (Wildman–Crippen LogP) is 3.80. The molecule has 0 aliphatic carbocycles. The maximum atomic E-state index is 12.4. The fraction of sp³-hybridized carbons (Fsp3) is 0.333. The van der Waals surface area contributed by atoms with E-state index in [0.717, 1.165) is 0 Å². The summed E-state index contributed by atoms with van der Waals surface area (Å²) in [6.07, 6.45) is 1.35. The highest BCUT2D eigenvalue weighted by molar-refractivity contribution is 6.42. The number of hydrogen-bond acceptors (Lipinski definition) is 4. The normalized spacial score (nSPS) is 14.4. The van der Waals surface area contributed by atoms with Crippen molar-refractivity contribution >= 4 is 35.0 Å². The number of benzene rings is 2. The zero-order valence-electron chi connectivity index (χ0n) is 16.0. The standard InChI is InChI=1S/C21H22Cl2N2O4/c1-28-18-4-2-3-5-19(18)29-13-20(26)25-10-8-15(9-11-25)24-21(27)14-6-7-16(22)17(23)12-14/h2-7,12,15H,8-11,13H2,1H3,(H,24,27). The van der Waals surface area contributed by atoms with Crippen LogP contribution in [0.5, 0.6) is 11.5 Å². The van der Waals surface area contributed by atoms with E-state index in [9.17, 15) is 9.59 Å². The van der Waals surface area contributed by atoms with Crippen molar-refractivity contribution < 1.29 is 19.1 Å². The lowest BCUT2D eigenvalue weighted by Crippen LogP contribution is -2.47. The summed E-state index contributed by atoms with van der Waals surface area (Å²) in [4.78, 5) is 26.6. The average Bonchev–Trinajstić information content (AvgIpc) is 2.74. The molecule has 0 bridgehead atoms. The van der Waals surface area contributed by atoms with Gasteiger partial charge in [-0.2, -0.15) is 0 Å². The van der Waals surface area contributed by atoms with Crippen LogP contribution < -0.4 is 14.8 Å². The van der Waals surface area contributed by atoms with Crippen molar-refractivity contribution in [2.75, 3.05) is 26.8 Å². The molecular formula is C21H22Cl2N2O4. The van der Waals surface area contributed by atoms with Crippen molar-refractivity contribution in [2.45, 2.75) is 18.9 Å². The molecule has 6 nitrogen and oxygen atoms in total. The highest BCUT2D eigenvalue weighted by Gasteiger charge is 2.24. The number of halogens is 2. The summed E-state index contributed by atoms with van der Waals surface area (Å²) in [5.74, 6) is 0.828. The molecule has 8 heteroatoms. The number of amides is 2. The van der Waals surface area contributed by atoms with E-state index in [0.29, 0.717) is 53.0 Å². The smallest absolute Gasteiger partial charge is 0.260 e. The van der Waals surface area contributed by atoms with Crippen LogP contribution in [0.3, 0.4) is 0 Å². The minimum absolute atomic E-state index is 0.00357. The summed E-state index contributed by atoms with van der Waals surface area (Å²) in [5, 5.41) is 3.74. The molecule has 1 fully saturated rings. The van der Waals surface area contributed by atoms with Gasteiger partial charge in [0.25, 0.3) is 11.8 Å². The Hall–Kier alpha value is -2.44. The minimum Gasteiger partial charge on any atom is -0.493 e. The molecule has 0 saturated carbocycles. The molecule has 3 rings (SSSR count). The maximum absolute atomic E-state index is 12.4. The Morgan fingerprint density at radius 2 is 1.76 bits per heavy atom. The number of carbonyl (C=O) groups is 2. The molecule has 2 amide bonds. The van der Waals surface area contributed by atoms with Gasteiger partial charge in [0.15, 0.2) is 18.1 Å². The van der Waals surface area contributed by atoms with Crippen LogP contribution in [0.2, 0.25) is 10.0 Å². The fourth-order valence-electron chi connectivity index (χ4n) is 3.15. The number of ether oxygens (including phenoxy) is 2. The first-order chi connectivity index (χ1) is 14.0. The van der Waals surface area contributed by atoms with Gasteiger partial charge in [-0.25, -0.2) is 0 Å². The molecule has 0 spiro atoms. The van der Waals surface area contributed by atoms with Crippen molar-refractivity contribution in [2.24, 2.45) is 0 Å². The van der Waals surface area contributed by atoms with E-state index in [4.69, 9.17) is 32.7 Å². The van der Waals surface area contributed by atoms with Gasteiger partial charge < -0.3 is 19.7 Å². The number of hydrogen-bond donors (Lipinski definition) is 1. The summed E-state index contributed by atoms with van der Waals surface area (Å²) in [6.45, 7) is 1.06. The molecule has 2 aromatic rings. The molecule has 0 radical (unpaired) electrons. The third-order valence-electron chi connectivity index (χ3n) is 4.78. The van der Waals surface area contributed by atoms with Crippen molar-refractivity contribution in [1.82, 2.24) is 10.2 Å². The van der Waals surface area contributed by atoms with Gasteiger partial charge >= 0.3 is 0 Å².